The number of amides is 1. The molecular formula is C25H20FNO2. The Bertz CT molecular complexity index is 1130. The van der Waals surface area contributed by atoms with Gasteiger partial charge in [0.2, 0.25) is 0 Å². The number of alkyl halides is 1. The van der Waals surface area contributed by atoms with E-state index in [1.165, 1.54) is 4.90 Å². The van der Waals surface area contributed by atoms with Gasteiger partial charge in [-0.25, -0.2) is 4.39 Å². The van der Waals surface area contributed by atoms with Gasteiger partial charge >= 0.3 is 0 Å². The third kappa shape index (κ3) is 4.27. The molecule has 4 heteroatoms. The molecule has 4 aromatic rings. The number of anilines is 1. The van der Waals surface area contributed by atoms with Gasteiger partial charge in [-0.2, -0.15) is 0 Å². The number of hydrogen-bond donors (Lipinski definition) is 0. The van der Waals surface area contributed by atoms with Crippen LogP contribution in [-0.4, -0.2) is 12.6 Å². The van der Waals surface area contributed by atoms with Crippen molar-refractivity contribution < 1.29 is 13.9 Å². The van der Waals surface area contributed by atoms with Gasteiger partial charge in [-0.1, -0.05) is 66.7 Å². The van der Waals surface area contributed by atoms with E-state index >= 15 is 0 Å². The zero-order valence-electron chi connectivity index (χ0n) is 15.8. The van der Waals surface area contributed by atoms with Crippen LogP contribution in [0.15, 0.2) is 97.1 Å². The molecule has 0 aliphatic rings. The molecule has 0 unspecified atom stereocenters. The first kappa shape index (κ1) is 18.7. The van der Waals surface area contributed by atoms with Gasteiger partial charge in [-0.15, -0.1) is 0 Å². The Balaban J connectivity index is 1.69. The Hall–Kier alpha value is -3.66. The number of hydrogen-bond acceptors (Lipinski definition) is 2. The number of carbonyl (C=O) groups is 1. The van der Waals surface area contributed by atoms with Gasteiger partial charge < -0.3 is 9.64 Å². The number of rotatable bonds is 6. The molecule has 0 bridgehead atoms. The van der Waals surface area contributed by atoms with Crippen LogP contribution in [0.5, 0.6) is 11.5 Å². The summed E-state index contributed by atoms with van der Waals surface area (Å²) < 4.78 is 19.4. The van der Waals surface area contributed by atoms with Gasteiger partial charge in [0.25, 0.3) is 5.91 Å². The first-order valence-electron chi connectivity index (χ1n) is 9.40. The normalized spacial score (nSPS) is 10.7. The molecule has 0 aliphatic carbocycles. The van der Waals surface area contributed by atoms with Crippen LogP contribution >= 0.6 is 0 Å². The van der Waals surface area contributed by atoms with Crippen LogP contribution in [0.2, 0.25) is 0 Å². The van der Waals surface area contributed by atoms with Crippen LogP contribution in [0, 0.1) is 0 Å². The first-order valence-corrected chi connectivity index (χ1v) is 9.40. The monoisotopic (exact) mass is 385 g/mol. The Kier molecular flexibility index (Phi) is 5.52. The second-order valence-corrected chi connectivity index (χ2v) is 6.68. The minimum absolute atomic E-state index is 0.253. The van der Waals surface area contributed by atoms with Crippen LogP contribution in [0.1, 0.15) is 5.56 Å². The van der Waals surface area contributed by atoms with Crippen molar-refractivity contribution in [3.8, 4) is 11.5 Å². The summed E-state index contributed by atoms with van der Waals surface area (Å²) in [5.74, 6) is 0.543. The van der Waals surface area contributed by atoms with Crippen LogP contribution < -0.4 is 9.64 Å². The van der Waals surface area contributed by atoms with Crippen molar-refractivity contribution in [2.45, 2.75) is 6.54 Å². The third-order valence-corrected chi connectivity index (χ3v) is 4.70. The van der Waals surface area contributed by atoms with Crippen LogP contribution in [0.25, 0.3) is 10.8 Å². The number of carbonyl (C=O) groups excluding carboxylic acids is 1. The molecule has 0 heterocycles. The Morgan fingerprint density at radius 1 is 0.793 bits per heavy atom. The molecule has 0 fully saturated rings. The van der Waals surface area contributed by atoms with Crippen molar-refractivity contribution in [1.82, 2.24) is 0 Å². The maximum absolute atomic E-state index is 13.4. The lowest BCUT2D eigenvalue weighted by molar-refractivity contribution is -0.119. The van der Waals surface area contributed by atoms with Crippen molar-refractivity contribution in [1.29, 1.82) is 0 Å². The van der Waals surface area contributed by atoms with Crippen molar-refractivity contribution in [2.75, 3.05) is 11.6 Å². The minimum atomic E-state index is -1.08. The average molecular weight is 385 g/mol. The third-order valence-electron chi connectivity index (χ3n) is 4.70. The van der Waals surface area contributed by atoms with E-state index in [2.05, 4.69) is 0 Å². The summed E-state index contributed by atoms with van der Waals surface area (Å²) in [4.78, 5) is 13.9. The van der Waals surface area contributed by atoms with E-state index in [0.29, 0.717) is 17.2 Å². The minimum Gasteiger partial charge on any atom is -0.455 e. The fourth-order valence-corrected chi connectivity index (χ4v) is 3.28. The molecule has 0 aromatic heterocycles. The molecule has 144 valence electrons. The Morgan fingerprint density at radius 3 is 2.28 bits per heavy atom. The van der Waals surface area contributed by atoms with E-state index < -0.39 is 12.6 Å². The lowest BCUT2D eigenvalue weighted by Gasteiger charge is -2.24. The largest absolute Gasteiger partial charge is 0.455 e. The second kappa shape index (κ2) is 8.57. The van der Waals surface area contributed by atoms with E-state index in [4.69, 9.17) is 4.74 Å². The summed E-state index contributed by atoms with van der Waals surface area (Å²) in [6.07, 6.45) is 0. The zero-order chi connectivity index (χ0) is 20.1. The van der Waals surface area contributed by atoms with Gasteiger partial charge in [-0.3, -0.25) is 4.79 Å². The molecule has 29 heavy (non-hydrogen) atoms. The van der Waals surface area contributed by atoms with Gasteiger partial charge in [0, 0.05) is 0 Å². The molecule has 4 rings (SSSR count). The summed E-state index contributed by atoms with van der Waals surface area (Å²) >= 11 is 0. The van der Waals surface area contributed by atoms with Crippen molar-refractivity contribution in [2.24, 2.45) is 0 Å². The number of para-hydroxylation sites is 3. The van der Waals surface area contributed by atoms with Crippen molar-refractivity contribution in [3.05, 3.63) is 103 Å². The Labute approximate surface area is 169 Å². The molecule has 3 nitrogen and oxygen atoms in total. The highest BCUT2D eigenvalue weighted by Gasteiger charge is 2.20. The molecule has 0 N–H and O–H groups in total. The predicted molar refractivity (Wildman–Crippen MR) is 114 cm³/mol. The molecular weight excluding hydrogens is 365 g/mol. The fourth-order valence-electron chi connectivity index (χ4n) is 3.28. The molecule has 0 atom stereocenters. The van der Waals surface area contributed by atoms with Crippen molar-refractivity contribution in [3.63, 3.8) is 0 Å². The number of fused-ring (bicyclic) bond motifs is 1. The fraction of sp³-hybridized carbons (Fsp3) is 0.0800. The SMILES string of the molecule is O=C(CF)N(Cc1ccc2ccccc2c1)c1ccccc1Oc1ccccc1. The lowest BCUT2D eigenvalue weighted by Crippen LogP contribution is -2.31. The molecule has 1 amide bonds. The number of halogens is 1. The van der Waals surface area contributed by atoms with Crippen molar-refractivity contribution >= 4 is 22.4 Å². The average Bonchev–Trinajstić information content (AvgIpc) is 2.78. The summed E-state index contributed by atoms with van der Waals surface area (Å²) in [6, 6.07) is 30.5. The molecule has 0 saturated heterocycles. The van der Waals surface area contributed by atoms with E-state index in [9.17, 15) is 9.18 Å². The maximum Gasteiger partial charge on any atom is 0.258 e. The quantitative estimate of drug-likeness (QED) is 0.399. The molecule has 0 radical (unpaired) electrons. The molecule has 0 spiro atoms. The van der Waals surface area contributed by atoms with E-state index in [1.807, 2.05) is 84.9 Å². The molecule has 4 aromatic carbocycles. The number of nitrogens with zero attached hydrogens (tertiary/aromatic N) is 1. The van der Waals surface area contributed by atoms with Gasteiger partial charge in [-0.05, 0) is 46.7 Å². The Morgan fingerprint density at radius 2 is 1.48 bits per heavy atom. The van der Waals surface area contributed by atoms with Gasteiger partial charge in [0.1, 0.15) is 5.75 Å². The van der Waals surface area contributed by atoms with Crippen LogP contribution in [0.4, 0.5) is 10.1 Å². The number of ether oxygens (including phenoxy) is 1. The summed E-state index contributed by atoms with van der Waals surface area (Å²) in [5, 5.41) is 2.19. The molecule has 0 saturated carbocycles. The second-order valence-electron chi connectivity index (χ2n) is 6.68. The maximum atomic E-state index is 13.4. The summed E-state index contributed by atoms with van der Waals surface area (Å²) in [5.41, 5.74) is 1.45. The van der Waals surface area contributed by atoms with Crippen LogP contribution in [-0.2, 0) is 11.3 Å². The molecule has 0 aliphatic heterocycles. The van der Waals surface area contributed by atoms with E-state index in [-0.39, 0.29) is 6.54 Å². The van der Waals surface area contributed by atoms with E-state index in [1.54, 1.807) is 12.1 Å². The smallest absolute Gasteiger partial charge is 0.258 e. The first-order chi connectivity index (χ1) is 14.2. The van der Waals surface area contributed by atoms with Crippen LogP contribution in [0.3, 0.4) is 0 Å². The highest BCUT2D eigenvalue weighted by Crippen LogP contribution is 2.33. The topological polar surface area (TPSA) is 29.5 Å². The number of benzene rings is 4. The predicted octanol–water partition coefficient (Wildman–Crippen LogP) is 6.13. The lowest BCUT2D eigenvalue weighted by atomic mass is 10.1. The zero-order valence-corrected chi connectivity index (χ0v) is 15.8. The van der Waals surface area contributed by atoms with E-state index in [0.717, 1.165) is 16.3 Å². The van der Waals surface area contributed by atoms with Gasteiger partial charge in [0.15, 0.2) is 12.4 Å². The summed E-state index contributed by atoms with van der Waals surface area (Å²) in [6.45, 7) is -0.823. The summed E-state index contributed by atoms with van der Waals surface area (Å²) in [7, 11) is 0. The highest BCUT2D eigenvalue weighted by molar-refractivity contribution is 5.96. The standard InChI is InChI=1S/C25H20FNO2/c26-17-25(28)27(18-19-14-15-20-8-4-5-9-21(20)16-19)23-12-6-7-13-24(23)29-22-10-2-1-3-11-22/h1-16H,17-18H2. The highest BCUT2D eigenvalue weighted by atomic mass is 19.1. The van der Waals surface area contributed by atoms with Gasteiger partial charge in [0.05, 0.1) is 12.2 Å².